The van der Waals surface area contributed by atoms with Gasteiger partial charge < -0.3 is 9.80 Å². The number of rotatable bonds is 6. The quantitative estimate of drug-likeness (QED) is 0.712. The van der Waals surface area contributed by atoms with Crippen molar-refractivity contribution in [3.63, 3.8) is 0 Å². The van der Waals surface area contributed by atoms with E-state index < -0.39 is 23.3 Å². The van der Waals surface area contributed by atoms with E-state index in [4.69, 9.17) is 5.26 Å². The van der Waals surface area contributed by atoms with Gasteiger partial charge in [-0.15, -0.1) is 0 Å². The Morgan fingerprint density at radius 1 is 1.31 bits per heavy atom. The fourth-order valence-corrected chi connectivity index (χ4v) is 2.73. The standard InChI is InChI=1S/C19H24F3N3O/c1-12(2)11-25(17(13(3)4)18(26)24(5)6)15-8-7-14(10-23)16(9-15)19(20,21)22/h7-9,13,17H,1,11H2,2-6H3/t17-/m0/s1. The van der Waals surface area contributed by atoms with Crippen LogP contribution in [0.15, 0.2) is 30.4 Å². The second-order valence-corrected chi connectivity index (χ2v) is 6.85. The number of anilines is 1. The summed E-state index contributed by atoms with van der Waals surface area (Å²) in [5.74, 6) is -0.353. The molecule has 0 heterocycles. The summed E-state index contributed by atoms with van der Waals surface area (Å²) in [6.45, 7) is 9.48. The Morgan fingerprint density at radius 2 is 1.88 bits per heavy atom. The lowest BCUT2D eigenvalue weighted by molar-refractivity contribution is -0.137. The molecule has 1 amide bonds. The van der Waals surface area contributed by atoms with E-state index in [-0.39, 0.29) is 24.1 Å². The molecule has 0 bridgehead atoms. The molecular weight excluding hydrogens is 343 g/mol. The number of nitriles is 1. The lowest BCUT2D eigenvalue weighted by atomic mass is 9.98. The second kappa shape index (κ2) is 8.26. The molecule has 0 saturated carbocycles. The smallest absolute Gasteiger partial charge is 0.355 e. The van der Waals surface area contributed by atoms with E-state index >= 15 is 0 Å². The molecule has 0 spiro atoms. The van der Waals surface area contributed by atoms with Crippen molar-refractivity contribution in [2.24, 2.45) is 5.92 Å². The molecule has 1 atom stereocenters. The van der Waals surface area contributed by atoms with E-state index in [1.807, 2.05) is 13.8 Å². The lowest BCUT2D eigenvalue weighted by Crippen LogP contribution is -2.50. The van der Waals surface area contributed by atoms with Crippen LogP contribution in [0.5, 0.6) is 0 Å². The van der Waals surface area contributed by atoms with Gasteiger partial charge in [0.05, 0.1) is 17.2 Å². The summed E-state index contributed by atoms with van der Waals surface area (Å²) in [4.78, 5) is 15.7. The summed E-state index contributed by atoms with van der Waals surface area (Å²) in [5.41, 5.74) is -0.520. The number of amides is 1. The second-order valence-electron chi connectivity index (χ2n) is 6.85. The van der Waals surface area contributed by atoms with Crippen molar-refractivity contribution in [2.75, 3.05) is 25.5 Å². The fraction of sp³-hybridized carbons (Fsp3) is 0.474. The number of hydrogen-bond donors (Lipinski definition) is 0. The molecule has 0 radical (unpaired) electrons. The number of carbonyl (C=O) groups is 1. The van der Waals surface area contributed by atoms with Gasteiger partial charge in [-0.25, -0.2) is 0 Å². The van der Waals surface area contributed by atoms with Crippen LogP contribution in [-0.2, 0) is 11.0 Å². The monoisotopic (exact) mass is 367 g/mol. The third-order valence-electron chi connectivity index (χ3n) is 3.86. The van der Waals surface area contributed by atoms with Crippen LogP contribution in [0.3, 0.4) is 0 Å². The van der Waals surface area contributed by atoms with Crippen LogP contribution in [0.2, 0.25) is 0 Å². The van der Waals surface area contributed by atoms with Gasteiger partial charge in [0.2, 0.25) is 5.91 Å². The highest BCUT2D eigenvalue weighted by Gasteiger charge is 2.36. The molecule has 7 heteroatoms. The van der Waals surface area contributed by atoms with Gasteiger partial charge in [0.25, 0.3) is 0 Å². The molecule has 1 aromatic carbocycles. The number of benzene rings is 1. The highest BCUT2D eigenvalue weighted by atomic mass is 19.4. The predicted molar refractivity (Wildman–Crippen MR) is 95.6 cm³/mol. The topological polar surface area (TPSA) is 47.3 Å². The first-order valence-electron chi connectivity index (χ1n) is 8.13. The number of likely N-dealkylation sites (N-methyl/N-ethyl adjacent to an activating group) is 1. The molecule has 0 unspecified atom stereocenters. The summed E-state index contributed by atoms with van der Waals surface area (Å²) in [6, 6.07) is 4.42. The molecule has 0 saturated heterocycles. The van der Waals surface area contributed by atoms with E-state index in [1.54, 1.807) is 32.0 Å². The van der Waals surface area contributed by atoms with E-state index in [2.05, 4.69) is 6.58 Å². The van der Waals surface area contributed by atoms with Crippen LogP contribution in [0.25, 0.3) is 0 Å². The Balaban J connectivity index is 3.57. The van der Waals surface area contributed by atoms with Crippen LogP contribution >= 0.6 is 0 Å². The lowest BCUT2D eigenvalue weighted by Gasteiger charge is -2.37. The van der Waals surface area contributed by atoms with Crippen LogP contribution in [0.4, 0.5) is 18.9 Å². The number of hydrogen-bond acceptors (Lipinski definition) is 3. The molecule has 1 rings (SSSR count). The third-order valence-corrected chi connectivity index (χ3v) is 3.86. The zero-order chi connectivity index (χ0) is 20.2. The number of nitrogens with zero attached hydrogens (tertiary/aromatic N) is 3. The van der Waals surface area contributed by atoms with E-state index in [9.17, 15) is 18.0 Å². The molecule has 1 aromatic rings. The van der Waals surface area contributed by atoms with Gasteiger partial charge in [0.15, 0.2) is 0 Å². The van der Waals surface area contributed by atoms with Crippen molar-refractivity contribution in [3.05, 3.63) is 41.5 Å². The molecule has 26 heavy (non-hydrogen) atoms. The Hall–Kier alpha value is -2.49. The maximum absolute atomic E-state index is 13.3. The van der Waals surface area contributed by atoms with Gasteiger partial charge in [0, 0.05) is 26.3 Å². The largest absolute Gasteiger partial charge is 0.417 e. The van der Waals surface area contributed by atoms with Gasteiger partial charge in [-0.05, 0) is 31.0 Å². The Morgan fingerprint density at radius 3 is 2.27 bits per heavy atom. The van der Waals surface area contributed by atoms with Crippen LogP contribution in [-0.4, -0.2) is 37.5 Å². The molecule has 0 aliphatic rings. The summed E-state index contributed by atoms with van der Waals surface area (Å²) in [7, 11) is 3.22. The number of alkyl halides is 3. The molecular formula is C19H24F3N3O. The maximum Gasteiger partial charge on any atom is 0.417 e. The molecule has 0 aliphatic heterocycles. The third kappa shape index (κ3) is 5.01. The molecule has 0 aromatic heterocycles. The fourth-order valence-electron chi connectivity index (χ4n) is 2.73. The maximum atomic E-state index is 13.3. The Bertz CT molecular complexity index is 718. The summed E-state index contributed by atoms with van der Waals surface area (Å²) >= 11 is 0. The van der Waals surface area contributed by atoms with Crippen molar-refractivity contribution >= 4 is 11.6 Å². The van der Waals surface area contributed by atoms with Crippen molar-refractivity contribution < 1.29 is 18.0 Å². The summed E-state index contributed by atoms with van der Waals surface area (Å²) < 4.78 is 40.0. The molecule has 4 nitrogen and oxygen atoms in total. The van der Waals surface area contributed by atoms with Crippen LogP contribution in [0.1, 0.15) is 31.9 Å². The summed E-state index contributed by atoms with van der Waals surface area (Å²) in [6.07, 6.45) is -4.66. The van der Waals surface area contributed by atoms with Crippen molar-refractivity contribution in [1.82, 2.24) is 4.90 Å². The van der Waals surface area contributed by atoms with Crippen LogP contribution in [0, 0.1) is 17.2 Å². The van der Waals surface area contributed by atoms with E-state index in [0.717, 1.165) is 12.1 Å². The first-order chi connectivity index (χ1) is 11.9. The highest BCUT2D eigenvalue weighted by Crippen LogP contribution is 2.35. The van der Waals surface area contributed by atoms with Gasteiger partial charge in [-0.3, -0.25) is 4.79 Å². The van der Waals surface area contributed by atoms with Crippen molar-refractivity contribution in [1.29, 1.82) is 5.26 Å². The van der Waals surface area contributed by atoms with Gasteiger partial charge >= 0.3 is 6.18 Å². The van der Waals surface area contributed by atoms with Crippen molar-refractivity contribution in [2.45, 2.75) is 33.0 Å². The van der Waals surface area contributed by atoms with Gasteiger partial charge in [-0.1, -0.05) is 26.0 Å². The average Bonchev–Trinajstić information content (AvgIpc) is 2.51. The van der Waals surface area contributed by atoms with Gasteiger partial charge in [0.1, 0.15) is 6.04 Å². The highest BCUT2D eigenvalue weighted by molar-refractivity contribution is 5.85. The van der Waals surface area contributed by atoms with Crippen molar-refractivity contribution in [3.8, 4) is 6.07 Å². The first-order valence-corrected chi connectivity index (χ1v) is 8.13. The minimum Gasteiger partial charge on any atom is -0.355 e. The summed E-state index contributed by atoms with van der Waals surface area (Å²) in [5, 5.41) is 8.98. The molecule has 0 aliphatic carbocycles. The first kappa shape index (κ1) is 21.6. The van der Waals surface area contributed by atoms with Crippen LogP contribution < -0.4 is 4.90 Å². The molecule has 0 N–H and O–H groups in total. The van der Waals surface area contributed by atoms with E-state index in [1.165, 1.54) is 11.0 Å². The van der Waals surface area contributed by atoms with Gasteiger partial charge in [-0.2, -0.15) is 18.4 Å². The SMILES string of the molecule is C=C(C)CN(c1ccc(C#N)c(C(F)(F)F)c1)[C@H](C(=O)N(C)C)C(C)C. The number of carbonyl (C=O) groups excluding carboxylic acids is 1. The van der Waals surface area contributed by atoms with E-state index in [0.29, 0.717) is 5.57 Å². The molecule has 142 valence electrons. The zero-order valence-electron chi connectivity index (χ0n) is 15.7. The minimum atomic E-state index is -4.66. The average molecular weight is 367 g/mol. The Kier molecular flexibility index (Phi) is 6.85. The Labute approximate surface area is 152 Å². The minimum absolute atomic E-state index is 0.144. The normalized spacial score (nSPS) is 12.5. The predicted octanol–water partition coefficient (Wildman–Crippen LogP) is 4.07. The number of halogens is 3. The zero-order valence-corrected chi connectivity index (χ0v) is 15.7. The molecule has 0 fully saturated rings.